The topological polar surface area (TPSA) is 97.6 Å². The third kappa shape index (κ3) is 3.57. The molecule has 0 aromatic heterocycles. The lowest BCUT2D eigenvalue weighted by molar-refractivity contribution is -0.385. The van der Waals surface area contributed by atoms with Crippen LogP contribution in [0.25, 0.3) is 0 Å². The van der Waals surface area contributed by atoms with Crippen LogP contribution in [-0.2, 0) is 20.4 Å². The first-order valence-electron chi connectivity index (χ1n) is 6.51. The van der Waals surface area contributed by atoms with E-state index in [4.69, 9.17) is 0 Å². The Hall–Kier alpha value is -1.96. The molecule has 1 aromatic carbocycles. The first kappa shape index (κ1) is 15.4. The third-order valence-corrected chi connectivity index (χ3v) is 4.98. The zero-order valence-electron chi connectivity index (χ0n) is 11.6. The van der Waals surface area contributed by atoms with Gasteiger partial charge in [-0.05, 0) is 18.9 Å². The van der Waals surface area contributed by atoms with E-state index in [1.54, 1.807) is 0 Å². The minimum Gasteiger partial charge on any atom is -0.342 e. The van der Waals surface area contributed by atoms with Crippen LogP contribution in [0.15, 0.2) is 18.2 Å². The molecule has 0 atom stereocenters. The fourth-order valence-corrected chi connectivity index (χ4v) is 3.60. The van der Waals surface area contributed by atoms with Crippen molar-refractivity contribution in [3.05, 3.63) is 39.4 Å². The van der Waals surface area contributed by atoms with E-state index in [1.165, 1.54) is 30.0 Å². The Balaban J connectivity index is 2.14. The third-order valence-electron chi connectivity index (χ3n) is 3.54. The van der Waals surface area contributed by atoms with Gasteiger partial charge in [0.15, 0.2) is 9.84 Å². The van der Waals surface area contributed by atoms with Crippen molar-refractivity contribution in [3.63, 3.8) is 0 Å². The van der Waals surface area contributed by atoms with E-state index < -0.39 is 26.4 Å². The number of carbonyl (C=O) groups is 1. The molecule has 1 heterocycles. The van der Waals surface area contributed by atoms with Gasteiger partial charge < -0.3 is 4.90 Å². The molecule has 1 fully saturated rings. The predicted molar refractivity (Wildman–Crippen MR) is 76.5 cm³/mol. The van der Waals surface area contributed by atoms with Gasteiger partial charge in [-0.1, -0.05) is 12.1 Å². The van der Waals surface area contributed by atoms with Gasteiger partial charge in [0.1, 0.15) is 5.75 Å². The average Bonchev–Trinajstić information content (AvgIpc) is 2.27. The molecule has 0 bridgehead atoms. The van der Waals surface area contributed by atoms with Gasteiger partial charge in [-0.2, -0.15) is 0 Å². The van der Waals surface area contributed by atoms with Crippen LogP contribution in [-0.4, -0.2) is 43.0 Å². The van der Waals surface area contributed by atoms with Gasteiger partial charge in [-0.3, -0.25) is 14.9 Å². The Morgan fingerprint density at radius 3 is 2.57 bits per heavy atom. The lowest BCUT2D eigenvalue weighted by Crippen LogP contribution is -2.44. The number of hydrogen-bond donors (Lipinski definition) is 0. The van der Waals surface area contributed by atoms with Crippen LogP contribution in [0, 0.1) is 17.0 Å². The summed E-state index contributed by atoms with van der Waals surface area (Å²) in [6.07, 6.45) is 0.899. The number of rotatable bonds is 5. The van der Waals surface area contributed by atoms with Crippen molar-refractivity contribution in [2.45, 2.75) is 19.1 Å². The molecule has 0 N–H and O–H groups in total. The lowest BCUT2D eigenvalue weighted by Gasteiger charge is -2.30. The number of hydrogen-bond acceptors (Lipinski definition) is 5. The van der Waals surface area contributed by atoms with Crippen molar-refractivity contribution < 1.29 is 18.1 Å². The Morgan fingerprint density at radius 2 is 2.05 bits per heavy atom. The van der Waals surface area contributed by atoms with Crippen LogP contribution >= 0.6 is 0 Å². The van der Waals surface area contributed by atoms with Crippen molar-refractivity contribution in [2.75, 3.05) is 18.8 Å². The maximum atomic E-state index is 12.1. The van der Waals surface area contributed by atoms with Gasteiger partial charge in [0.2, 0.25) is 5.91 Å². The van der Waals surface area contributed by atoms with Crippen molar-refractivity contribution in [3.8, 4) is 0 Å². The second kappa shape index (κ2) is 5.80. The molecule has 7 nitrogen and oxygen atoms in total. The summed E-state index contributed by atoms with van der Waals surface area (Å²) in [5.41, 5.74) is 0.569. The molecule has 1 aliphatic heterocycles. The highest BCUT2D eigenvalue weighted by molar-refractivity contribution is 7.91. The minimum absolute atomic E-state index is 0.114. The van der Waals surface area contributed by atoms with Gasteiger partial charge in [-0.25, -0.2) is 8.42 Å². The number of sulfone groups is 1. The molecule has 1 saturated heterocycles. The summed E-state index contributed by atoms with van der Waals surface area (Å²) in [6, 6.07) is 4.32. The first-order valence-corrected chi connectivity index (χ1v) is 8.33. The van der Waals surface area contributed by atoms with Crippen LogP contribution < -0.4 is 0 Å². The van der Waals surface area contributed by atoms with E-state index in [2.05, 4.69) is 0 Å². The summed E-state index contributed by atoms with van der Waals surface area (Å²) >= 11 is 0. The van der Waals surface area contributed by atoms with Gasteiger partial charge in [0.25, 0.3) is 5.69 Å². The fourth-order valence-electron chi connectivity index (χ4n) is 2.16. The molecule has 1 amide bonds. The molecular weight excluding hydrogens is 296 g/mol. The second-order valence-electron chi connectivity index (χ2n) is 5.08. The highest BCUT2D eigenvalue weighted by Gasteiger charge is 2.26. The second-order valence-corrected chi connectivity index (χ2v) is 7.15. The Kier molecular flexibility index (Phi) is 4.26. The summed E-state index contributed by atoms with van der Waals surface area (Å²) in [4.78, 5) is 23.5. The number of nitro benzene ring substituents is 1. The predicted octanol–water partition coefficient (Wildman–Crippen LogP) is 1.05. The number of amides is 1. The molecule has 0 radical (unpaired) electrons. The minimum atomic E-state index is -3.63. The summed E-state index contributed by atoms with van der Waals surface area (Å²) in [7, 11) is -3.63. The van der Waals surface area contributed by atoms with Crippen molar-refractivity contribution in [2.24, 2.45) is 0 Å². The largest absolute Gasteiger partial charge is 0.342 e. The number of nitrogens with zero attached hydrogens (tertiary/aromatic N) is 2. The van der Waals surface area contributed by atoms with Crippen LogP contribution in [0.5, 0.6) is 0 Å². The van der Waals surface area contributed by atoms with Gasteiger partial charge in [0, 0.05) is 24.7 Å². The summed E-state index contributed by atoms with van der Waals surface area (Å²) in [5.74, 6) is -1.31. The molecule has 0 unspecified atom stereocenters. The number of benzene rings is 1. The van der Waals surface area contributed by atoms with E-state index in [1.807, 2.05) is 0 Å². The maximum Gasteiger partial charge on any atom is 0.272 e. The average molecular weight is 312 g/mol. The molecular formula is C13H16N2O5S. The zero-order chi connectivity index (χ0) is 15.6. The smallest absolute Gasteiger partial charge is 0.272 e. The molecule has 114 valence electrons. The molecule has 1 aliphatic rings. The van der Waals surface area contributed by atoms with E-state index in [0.29, 0.717) is 24.2 Å². The van der Waals surface area contributed by atoms with Crippen LogP contribution in [0.4, 0.5) is 5.69 Å². The van der Waals surface area contributed by atoms with Crippen molar-refractivity contribution >= 4 is 21.4 Å². The number of likely N-dealkylation sites (tertiary alicyclic amines) is 1. The normalized spacial score (nSPS) is 14.6. The fraction of sp³-hybridized carbons (Fsp3) is 0.462. The monoisotopic (exact) mass is 312 g/mol. The van der Waals surface area contributed by atoms with Gasteiger partial charge in [-0.15, -0.1) is 0 Å². The van der Waals surface area contributed by atoms with E-state index >= 15 is 0 Å². The molecule has 8 heteroatoms. The summed E-state index contributed by atoms with van der Waals surface area (Å²) in [6.45, 7) is 2.72. The maximum absolute atomic E-state index is 12.1. The number of carbonyl (C=O) groups excluding carboxylic acids is 1. The van der Waals surface area contributed by atoms with Crippen LogP contribution in [0.1, 0.15) is 17.5 Å². The highest BCUT2D eigenvalue weighted by Crippen LogP contribution is 2.23. The zero-order valence-corrected chi connectivity index (χ0v) is 12.4. The molecule has 1 aromatic rings. The standard InChI is InChI=1S/C13H16N2O5S/c1-10-11(4-2-5-12(10)15(17)18)8-21(19,20)9-13(16)14-6-3-7-14/h2,4-5H,3,6-9H2,1H3. The highest BCUT2D eigenvalue weighted by atomic mass is 32.2. The Morgan fingerprint density at radius 1 is 1.38 bits per heavy atom. The van der Waals surface area contributed by atoms with Gasteiger partial charge in [0.05, 0.1) is 10.7 Å². The summed E-state index contributed by atoms with van der Waals surface area (Å²) < 4.78 is 24.1. The molecule has 0 spiro atoms. The molecule has 2 rings (SSSR count). The molecule has 21 heavy (non-hydrogen) atoms. The summed E-state index contributed by atoms with van der Waals surface area (Å²) in [5, 5.41) is 10.8. The molecule has 0 aliphatic carbocycles. The van der Waals surface area contributed by atoms with Crippen molar-refractivity contribution in [1.29, 1.82) is 0 Å². The van der Waals surface area contributed by atoms with Gasteiger partial charge >= 0.3 is 0 Å². The van der Waals surface area contributed by atoms with E-state index in [-0.39, 0.29) is 11.4 Å². The Bertz CT molecular complexity index is 680. The van der Waals surface area contributed by atoms with Crippen LogP contribution in [0.2, 0.25) is 0 Å². The molecule has 0 saturated carbocycles. The quantitative estimate of drug-likeness (QED) is 0.598. The van der Waals surface area contributed by atoms with Crippen molar-refractivity contribution in [1.82, 2.24) is 4.90 Å². The van der Waals surface area contributed by atoms with E-state index in [9.17, 15) is 23.3 Å². The lowest BCUT2D eigenvalue weighted by atomic mass is 10.1. The number of nitro groups is 1. The van der Waals surface area contributed by atoms with E-state index in [0.717, 1.165) is 6.42 Å². The van der Waals surface area contributed by atoms with Crippen LogP contribution in [0.3, 0.4) is 0 Å². The SMILES string of the molecule is Cc1c(CS(=O)(=O)CC(=O)N2CCC2)cccc1[N+](=O)[O-]. The Labute approximate surface area is 122 Å². The first-order chi connectivity index (χ1) is 9.80.